The predicted molar refractivity (Wildman–Crippen MR) is 110 cm³/mol. The monoisotopic (exact) mass is 333 g/mol. The maximum atomic E-state index is 2.48. The van der Waals surface area contributed by atoms with E-state index in [1.807, 2.05) is 0 Å². The van der Waals surface area contributed by atoms with Gasteiger partial charge in [-0.3, -0.25) is 0 Å². The molecule has 0 heterocycles. The maximum absolute atomic E-state index is 2.48. The van der Waals surface area contributed by atoms with E-state index in [-0.39, 0.29) is 11.0 Å². The SMILES string of the molecule is CCN(C)C(C)(C)C(C)(C)C1=C(c2ccccc2)Cc2ccccc21. The van der Waals surface area contributed by atoms with E-state index in [1.54, 1.807) is 0 Å². The van der Waals surface area contributed by atoms with Crippen molar-refractivity contribution in [1.29, 1.82) is 0 Å². The fourth-order valence-electron chi connectivity index (χ4n) is 4.14. The summed E-state index contributed by atoms with van der Waals surface area (Å²) in [4.78, 5) is 2.48. The molecular weight excluding hydrogens is 302 g/mol. The van der Waals surface area contributed by atoms with Crippen LogP contribution in [-0.4, -0.2) is 24.0 Å². The standard InChI is InChI=1S/C24H31N/c1-7-25(6)24(4,5)23(2,3)22-20-16-12-11-15-19(20)17-21(22)18-13-9-8-10-14-18/h8-16H,7,17H2,1-6H3. The van der Waals surface area contributed by atoms with Gasteiger partial charge in [0.2, 0.25) is 0 Å². The van der Waals surface area contributed by atoms with Crippen LogP contribution in [0.3, 0.4) is 0 Å². The van der Waals surface area contributed by atoms with Crippen LogP contribution in [0.15, 0.2) is 54.6 Å². The topological polar surface area (TPSA) is 3.24 Å². The highest BCUT2D eigenvalue weighted by molar-refractivity contribution is 5.99. The number of hydrogen-bond donors (Lipinski definition) is 0. The molecule has 0 radical (unpaired) electrons. The Hall–Kier alpha value is -1.86. The van der Waals surface area contributed by atoms with Crippen LogP contribution in [0.25, 0.3) is 11.1 Å². The summed E-state index contributed by atoms with van der Waals surface area (Å²) in [6, 6.07) is 19.9. The molecule has 1 heteroatoms. The second-order valence-electron chi connectivity index (χ2n) is 8.25. The zero-order valence-electron chi connectivity index (χ0n) is 16.6. The molecule has 0 unspecified atom stereocenters. The van der Waals surface area contributed by atoms with Crippen molar-refractivity contribution >= 4 is 11.1 Å². The van der Waals surface area contributed by atoms with Crippen LogP contribution in [0.5, 0.6) is 0 Å². The van der Waals surface area contributed by atoms with E-state index in [0.29, 0.717) is 0 Å². The molecule has 0 saturated heterocycles. The van der Waals surface area contributed by atoms with Gasteiger partial charge in [-0.15, -0.1) is 0 Å². The van der Waals surface area contributed by atoms with Gasteiger partial charge < -0.3 is 4.90 Å². The second kappa shape index (κ2) is 6.46. The van der Waals surface area contributed by atoms with Crippen LogP contribution < -0.4 is 0 Å². The molecule has 1 nitrogen and oxygen atoms in total. The van der Waals surface area contributed by atoms with Crippen LogP contribution in [0.4, 0.5) is 0 Å². The molecule has 0 atom stereocenters. The van der Waals surface area contributed by atoms with Crippen molar-refractivity contribution in [2.75, 3.05) is 13.6 Å². The third-order valence-corrected chi connectivity index (χ3v) is 6.66. The van der Waals surface area contributed by atoms with E-state index >= 15 is 0 Å². The Labute approximate surface area is 153 Å². The Morgan fingerprint density at radius 2 is 1.48 bits per heavy atom. The molecule has 0 spiro atoms. The molecule has 0 bridgehead atoms. The highest BCUT2D eigenvalue weighted by Gasteiger charge is 2.45. The summed E-state index contributed by atoms with van der Waals surface area (Å²) in [5.74, 6) is 0. The Morgan fingerprint density at radius 1 is 0.880 bits per heavy atom. The molecule has 132 valence electrons. The molecule has 0 amide bonds. The first-order valence-corrected chi connectivity index (χ1v) is 9.39. The fourth-order valence-corrected chi connectivity index (χ4v) is 4.14. The van der Waals surface area contributed by atoms with E-state index in [1.165, 1.54) is 27.8 Å². The van der Waals surface area contributed by atoms with E-state index in [4.69, 9.17) is 0 Å². The van der Waals surface area contributed by atoms with Crippen molar-refractivity contribution in [3.05, 3.63) is 71.3 Å². The number of rotatable bonds is 5. The van der Waals surface area contributed by atoms with E-state index in [9.17, 15) is 0 Å². The molecule has 2 aromatic carbocycles. The van der Waals surface area contributed by atoms with Crippen LogP contribution in [-0.2, 0) is 6.42 Å². The Kier molecular flexibility index (Phi) is 4.64. The third-order valence-electron chi connectivity index (χ3n) is 6.66. The van der Waals surface area contributed by atoms with Crippen molar-refractivity contribution in [1.82, 2.24) is 4.90 Å². The van der Waals surface area contributed by atoms with Crippen molar-refractivity contribution in [2.45, 2.75) is 46.6 Å². The largest absolute Gasteiger partial charge is 0.301 e. The minimum absolute atomic E-state index is 0.0234. The van der Waals surface area contributed by atoms with Gasteiger partial charge in [-0.2, -0.15) is 0 Å². The lowest BCUT2D eigenvalue weighted by molar-refractivity contribution is 0.0738. The van der Waals surface area contributed by atoms with Crippen molar-refractivity contribution < 1.29 is 0 Å². The predicted octanol–water partition coefficient (Wildman–Crippen LogP) is 5.91. The quantitative estimate of drug-likeness (QED) is 0.657. The lowest BCUT2D eigenvalue weighted by Gasteiger charge is -2.49. The number of hydrogen-bond acceptors (Lipinski definition) is 1. The zero-order valence-corrected chi connectivity index (χ0v) is 16.6. The first-order valence-electron chi connectivity index (χ1n) is 9.39. The molecule has 0 N–H and O–H groups in total. The molecule has 25 heavy (non-hydrogen) atoms. The fraction of sp³-hybridized carbons (Fsp3) is 0.417. The van der Waals surface area contributed by atoms with Gasteiger partial charge in [0.25, 0.3) is 0 Å². The van der Waals surface area contributed by atoms with Gasteiger partial charge in [-0.25, -0.2) is 0 Å². The molecule has 0 aliphatic heterocycles. The maximum Gasteiger partial charge on any atom is 0.0241 e. The number of nitrogens with zero attached hydrogens (tertiary/aromatic N) is 1. The zero-order chi connectivity index (χ0) is 18.2. The smallest absolute Gasteiger partial charge is 0.0241 e. The average Bonchev–Trinajstić information content (AvgIpc) is 3.01. The van der Waals surface area contributed by atoms with Gasteiger partial charge in [-0.05, 0) is 61.7 Å². The molecule has 0 fully saturated rings. The summed E-state index contributed by atoms with van der Waals surface area (Å²) in [6.07, 6.45) is 1.03. The van der Waals surface area contributed by atoms with E-state index in [0.717, 1.165) is 13.0 Å². The summed E-state index contributed by atoms with van der Waals surface area (Å²) in [7, 11) is 2.24. The summed E-state index contributed by atoms with van der Waals surface area (Å²) in [5, 5.41) is 0. The molecule has 1 aliphatic rings. The number of benzene rings is 2. The number of fused-ring (bicyclic) bond motifs is 1. The molecule has 2 aromatic rings. The van der Waals surface area contributed by atoms with Gasteiger partial charge >= 0.3 is 0 Å². The summed E-state index contributed by atoms with van der Waals surface area (Å²) in [5.41, 5.74) is 7.33. The summed E-state index contributed by atoms with van der Waals surface area (Å²) < 4.78 is 0. The first kappa shape index (κ1) is 17.9. The lowest BCUT2D eigenvalue weighted by Crippen LogP contribution is -2.52. The Morgan fingerprint density at radius 3 is 2.12 bits per heavy atom. The van der Waals surface area contributed by atoms with Crippen LogP contribution >= 0.6 is 0 Å². The molecular formula is C24H31N. The third kappa shape index (κ3) is 2.85. The molecule has 0 aromatic heterocycles. The van der Waals surface area contributed by atoms with E-state index < -0.39 is 0 Å². The van der Waals surface area contributed by atoms with Crippen molar-refractivity contribution in [2.24, 2.45) is 5.41 Å². The Balaban J connectivity index is 2.23. The summed E-state index contributed by atoms with van der Waals surface area (Å²) in [6.45, 7) is 12.9. The van der Waals surface area contributed by atoms with E-state index in [2.05, 4.69) is 101 Å². The highest BCUT2D eigenvalue weighted by atomic mass is 15.2. The lowest BCUT2D eigenvalue weighted by atomic mass is 9.66. The van der Waals surface area contributed by atoms with Gasteiger partial charge in [0, 0.05) is 11.0 Å². The van der Waals surface area contributed by atoms with Gasteiger partial charge in [0.05, 0.1) is 0 Å². The second-order valence-corrected chi connectivity index (χ2v) is 8.25. The minimum atomic E-state index is 0.0234. The molecule has 0 saturated carbocycles. The molecule has 1 aliphatic carbocycles. The highest BCUT2D eigenvalue weighted by Crippen LogP contribution is 2.53. The van der Waals surface area contributed by atoms with Crippen molar-refractivity contribution in [3.8, 4) is 0 Å². The van der Waals surface area contributed by atoms with Crippen LogP contribution in [0, 0.1) is 5.41 Å². The Bertz CT molecular complexity index is 781. The van der Waals surface area contributed by atoms with Gasteiger partial charge in [0.1, 0.15) is 0 Å². The van der Waals surface area contributed by atoms with Crippen LogP contribution in [0.1, 0.15) is 51.3 Å². The van der Waals surface area contributed by atoms with Crippen molar-refractivity contribution in [3.63, 3.8) is 0 Å². The normalized spacial score (nSPS) is 15.0. The van der Waals surface area contributed by atoms with Gasteiger partial charge in [0.15, 0.2) is 0 Å². The van der Waals surface area contributed by atoms with Crippen LogP contribution in [0.2, 0.25) is 0 Å². The first-order chi connectivity index (χ1) is 11.8. The average molecular weight is 334 g/mol. The van der Waals surface area contributed by atoms with Gasteiger partial charge in [-0.1, -0.05) is 75.4 Å². The molecule has 3 rings (SSSR count). The number of allylic oxidation sites excluding steroid dienone is 1. The summed E-state index contributed by atoms with van der Waals surface area (Å²) >= 11 is 0. The minimum Gasteiger partial charge on any atom is -0.301 e.